The Morgan fingerprint density at radius 3 is 1.35 bits per heavy atom. The number of ether oxygens (including phenoxy) is 2. The van der Waals surface area contributed by atoms with Crippen LogP contribution in [0.4, 0.5) is 0 Å². The minimum atomic E-state index is -1.06. The predicted octanol–water partition coefficient (Wildman–Crippen LogP) is 2.62. The second kappa shape index (κ2) is 9.51. The van der Waals surface area contributed by atoms with Gasteiger partial charge in [-0.3, -0.25) is 14.4 Å². The molecule has 2 unspecified atom stereocenters. The number of Topliss-reactive ketones (excluding diaryl/α,β-unsaturated/α-hetero) is 1. The number of esters is 2. The quantitative estimate of drug-likeness (QED) is 0.538. The first-order valence-corrected chi connectivity index (χ1v) is 8.34. The summed E-state index contributed by atoms with van der Waals surface area (Å²) in [5.41, 5.74) is 1.64. The zero-order valence-corrected chi connectivity index (χ0v) is 14.9. The van der Waals surface area contributed by atoms with E-state index >= 15 is 0 Å². The van der Waals surface area contributed by atoms with Crippen LogP contribution < -0.4 is 0 Å². The van der Waals surface area contributed by atoms with Crippen molar-refractivity contribution in [3.63, 3.8) is 0 Å². The van der Waals surface area contributed by atoms with Gasteiger partial charge in [0.2, 0.25) is 0 Å². The van der Waals surface area contributed by atoms with Crippen molar-refractivity contribution >= 4 is 17.7 Å². The van der Waals surface area contributed by atoms with E-state index in [2.05, 4.69) is 0 Å². The molecule has 5 heteroatoms. The van der Waals surface area contributed by atoms with Gasteiger partial charge in [0, 0.05) is 0 Å². The van der Waals surface area contributed by atoms with Gasteiger partial charge >= 0.3 is 11.9 Å². The Morgan fingerprint density at radius 1 is 0.692 bits per heavy atom. The van der Waals surface area contributed by atoms with Crippen LogP contribution in [-0.2, 0) is 36.7 Å². The predicted molar refractivity (Wildman–Crippen MR) is 96.3 cm³/mol. The highest BCUT2D eigenvalue weighted by Gasteiger charge is 2.37. The molecule has 2 aromatic carbocycles. The second-order valence-corrected chi connectivity index (χ2v) is 5.93. The number of carbonyl (C=O) groups excluding carboxylic acids is 3. The Hall–Kier alpha value is -2.95. The molecule has 136 valence electrons. The van der Waals surface area contributed by atoms with Gasteiger partial charge in [-0.15, -0.1) is 0 Å². The highest BCUT2D eigenvalue weighted by molar-refractivity contribution is 6.08. The number of methoxy groups -OCH3 is 2. The minimum absolute atomic E-state index is 0.175. The van der Waals surface area contributed by atoms with Gasteiger partial charge in [-0.25, -0.2) is 0 Å². The van der Waals surface area contributed by atoms with Gasteiger partial charge in [-0.05, 0) is 24.0 Å². The summed E-state index contributed by atoms with van der Waals surface area (Å²) in [5, 5.41) is 0. The zero-order chi connectivity index (χ0) is 18.9. The van der Waals surface area contributed by atoms with E-state index in [1.54, 1.807) is 0 Å². The zero-order valence-electron chi connectivity index (χ0n) is 14.9. The topological polar surface area (TPSA) is 69.7 Å². The van der Waals surface area contributed by atoms with Gasteiger partial charge < -0.3 is 9.47 Å². The first-order valence-electron chi connectivity index (χ1n) is 8.34. The van der Waals surface area contributed by atoms with Crippen LogP contribution in [0.15, 0.2) is 60.7 Å². The summed E-state index contributed by atoms with van der Waals surface area (Å²) in [6, 6.07) is 18.3. The first kappa shape index (κ1) is 19.4. The number of ketones is 1. The average molecular weight is 354 g/mol. The maximum atomic E-state index is 13.1. The summed E-state index contributed by atoms with van der Waals surface area (Å²) < 4.78 is 9.62. The van der Waals surface area contributed by atoms with E-state index in [0.717, 1.165) is 11.1 Å². The third-order valence-corrected chi connectivity index (χ3v) is 4.22. The van der Waals surface area contributed by atoms with E-state index in [1.807, 2.05) is 60.7 Å². The maximum absolute atomic E-state index is 13.1. The van der Waals surface area contributed by atoms with Gasteiger partial charge in [0.05, 0.1) is 14.2 Å². The molecule has 0 heterocycles. The molecule has 0 aliphatic heterocycles. The van der Waals surface area contributed by atoms with Gasteiger partial charge in [-0.1, -0.05) is 60.7 Å². The highest BCUT2D eigenvalue weighted by atomic mass is 16.5. The third kappa shape index (κ3) is 5.02. The Morgan fingerprint density at radius 2 is 1.04 bits per heavy atom. The van der Waals surface area contributed by atoms with Gasteiger partial charge in [0.25, 0.3) is 0 Å². The lowest BCUT2D eigenvalue weighted by Crippen LogP contribution is -2.37. The van der Waals surface area contributed by atoms with Crippen molar-refractivity contribution in [2.75, 3.05) is 14.2 Å². The molecular weight excluding hydrogens is 332 g/mol. The molecule has 0 aromatic heterocycles. The van der Waals surface area contributed by atoms with Crippen LogP contribution in [0, 0.1) is 11.8 Å². The van der Waals surface area contributed by atoms with E-state index in [0.29, 0.717) is 0 Å². The van der Waals surface area contributed by atoms with Crippen LogP contribution in [0.1, 0.15) is 11.1 Å². The lowest BCUT2D eigenvalue weighted by atomic mass is 9.84. The molecule has 2 atom stereocenters. The Balaban J connectivity index is 2.28. The average Bonchev–Trinajstić information content (AvgIpc) is 2.70. The largest absolute Gasteiger partial charge is 0.468 e. The van der Waals surface area contributed by atoms with E-state index in [-0.39, 0.29) is 12.8 Å². The van der Waals surface area contributed by atoms with Crippen molar-refractivity contribution < 1.29 is 23.9 Å². The second-order valence-electron chi connectivity index (χ2n) is 5.93. The Bertz CT molecular complexity index is 676. The Kier molecular flexibility index (Phi) is 7.09. The van der Waals surface area contributed by atoms with Crippen molar-refractivity contribution in [1.29, 1.82) is 0 Å². The molecule has 0 fully saturated rings. The third-order valence-electron chi connectivity index (χ3n) is 4.22. The van der Waals surface area contributed by atoms with Crippen LogP contribution in [-0.4, -0.2) is 31.9 Å². The summed E-state index contributed by atoms with van der Waals surface area (Å²) in [5.74, 6) is -3.91. The SMILES string of the molecule is COC(=O)C(Cc1ccccc1)C(=O)C(Cc1ccccc1)C(=O)OC. The van der Waals surface area contributed by atoms with Crippen LogP contribution in [0.2, 0.25) is 0 Å². The van der Waals surface area contributed by atoms with Gasteiger partial charge in [-0.2, -0.15) is 0 Å². The van der Waals surface area contributed by atoms with Crippen molar-refractivity contribution in [3.05, 3.63) is 71.8 Å². The first-order chi connectivity index (χ1) is 12.6. The molecular formula is C21H22O5. The van der Waals surface area contributed by atoms with Gasteiger partial charge in [0.15, 0.2) is 5.78 Å². The van der Waals surface area contributed by atoms with E-state index in [1.165, 1.54) is 14.2 Å². The fourth-order valence-electron chi connectivity index (χ4n) is 2.83. The molecule has 2 rings (SSSR count). The molecule has 0 aliphatic rings. The molecule has 0 saturated carbocycles. The summed E-state index contributed by atoms with van der Waals surface area (Å²) in [6.07, 6.45) is 0.350. The summed E-state index contributed by atoms with van der Waals surface area (Å²) in [6.45, 7) is 0. The minimum Gasteiger partial charge on any atom is -0.468 e. The number of benzene rings is 2. The maximum Gasteiger partial charge on any atom is 0.316 e. The molecule has 0 aliphatic carbocycles. The molecule has 0 bridgehead atoms. The lowest BCUT2D eigenvalue weighted by Gasteiger charge is -2.20. The van der Waals surface area contributed by atoms with Crippen LogP contribution >= 0.6 is 0 Å². The van der Waals surface area contributed by atoms with E-state index < -0.39 is 29.6 Å². The number of carbonyl (C=O) groups is 3. The summed E-state index contributed by atoms with van der Waals surface area (Å²) >= 11 is 0. The summed E-state index contributed by atoms with van der Waals surface area (Å²) in [4.78, 5) is 37.5. The van der Waals surface area contributed by atoms with Crippen LogP contribution in [0.5, 0.6) is 0 Å². The molecule has 5 nitrogen and oxygen atoms in total. The lowest BCUT2D eigenvalue weighted by molar-refractivity contribution is -0.155. The fraction of sp³-hybridized carbons (Fsp3) is 0.286. The fourth-order valence-corrected chi connectivity index (χ4v) is 2.83. The van der Waals surface area contributed by atoms with Crippen molar-refractivity contribution in [3.8, 4) is 0 Å². The molecule has 0 spiro atoms. The molecule has 0 amide bonds. The molecule has 0 saturated heterocycles. The Labute approximate surface area is 152 Å². The highest BCUT2D eigenvalue weighted by Crippen LogP contribution is 2.20. The molecule has 2 aromatic rings. The van der Waals surface area contributed by atoms with E-state index in [9.17, 15) is 14.4 Å². The van der Waals surface area contributed by atoms with Crippen molar-refractivity contribution in [2.24, 2.45) is 11.8 Å². The van der Waals surface area contributed by atoms with Crippen molar-refractivity contribution in [2.45, 2.75) is 12.8 Å². The normalized spacial score (nSPS) is 12.7. The van der Waals surface area contributed by atoms with Gasteiger partial charge in [0.1, 0.15) is 11.8 Å². The standard InChI is InChI=1S/C21H22O5/c1-25-20(23)17(13-15-9-5-3-6-10-15)19(22)18(21(24)26-2)14-16-11-7-4-8-12-16/h3-12,17-18H,13-14H2,1-2H3. The number of rotatable bonds is 8. The van der Waals surface area contributed by atoms with E-state index in [4.69, 9.17) is 9.47 Å². The van der Waals surface area contributed by atoms with Crippen LogP contribution in [0.25, 0.3) is 0 Å². The molecule has 26 heavy (non-hydrogen) atoms. The van der Waals surface area contributed by atoms with Crippen LogP contribution in [0.3, 0.4) is 0 Å². The smallest absolute Gasteiger partial charge is 0.316 e. The molecule has 0 N–H and O–H groups in total. The van der Waals surface area contributed by atoms with Crippen molar-refractivity contribution in [1.82, 2.24) is 0 Å². The summed E-state index contributed by atoms with van der Waals surface area (Å²) in [7, 11) is 2.47. The number of hydrogen-bond acceptors (Lipinski definition) is 5. The monoisotopic (exact) mass is 354 g/mol. The number of hydrogen-bond donors (Lipinski definition) is 0. The molecule has 0 radical (unpaired) electrons.